The van der Waals surface area contributed by atoms with E-state index < -0.39 is 19.9 Å². The molecular weight excluding hydrogens is 318 g/mol. The fourth-order valence-corrected chi connectivity index (χ4v) is 4.70. The third-order valence-corrected chi connectivity index (χ3v) is 6.99. The van der Waals surface area contributed by atoms with Crippen LogP contribution in [-0.4, -0.2) is 46.7 Å². The fraction of sp³-hybridized carbons (Fsp3) is 0.556. The normalized spacial score (nSPS) is 13.1. The maximum absolute atomic E-state index is 12.1. The minimum absolute atomic E-state index is 0.0602. The van der Waals surface area contributed by atoms with Crippen LogP contribution in [0.15, 0.2) is 16.3 Å². The lowest BCUT2D eigenvalue weighted by Crippen LogP contribution is -2.31. The predicted octanol–water partition coefficient (Wildman–Crippen LogP) is 1.15. The zero-order valence-electron chi connectivity index (χ0n) is 9.96. The van der Waals surface area contributed by atoms with Crippen molar-refractivity contribution in [2.45, 2.75) is 10.1 Å². The maximum atomic E-state index is 12.1. The molecular formula is C9H14ClNO4S3. The van der Waals surface area contributed by atoms with Crippen molar-refractivity contribution >= 4 is 42.8 Å². The molecule has 1 rings (SSSR count). The predicted molar refractivity (Wildman–Crippen MR) is 73.4 cm³/mol. The molecule has 0 aliphatic heterocycles. The van der Waals surface area contributed by atoms with Crippen molar-refractivity contribution in [2.24, 2.45) is 0 Å². The van der Waals surface area contributed by atoms with Crippen LogP contribution in [-0.2, 0) is 25.7 Å². The number of halogens is 1. The highest BCUT2D eigenvalue weighted by Crippen LogP contribution is 2.25. The number of nitrogens with zero attached hydrogens (tertiary/aromatic N) is 1. The van der Waals surface area contributed by atoms with Gasteiger partial charge in [-0.2, -0.15) is 4.31 Å². The first kappa shape index (κ1) is 15.9. The molecule has 1 aromatic rings. The first-order valence-corrected chi connectivity index (χ1v) is 9.81. The largest absolute Gasteiger partial charge is 0.252 e. The zero-order chi connectivity index (χ0) is 14.0. The summed E-state index contributed by atoms with van der Waals surface area (Å²) >= 11 is 6.70. The van der Waals surface area contributed by atoms with Crippen LogP contribution in [0.2, 0.25) is 0 Å². The smallest absolute Gasteiger partial charge is 0.229 e. The lowest BCUT2D eigenvalue weighted by Gasteiger charge is -2.15. The molecule has 0 radical (unpaired) electrons. The molecule has 0 N–H and O–H groups in total. The second-order valence-corrected chi connectivity index (χ2v) is 9.78. The van der Waals surface area contributed by atoms with E-state index in [1.807, 2.05) is 0 Å². The van der Waals surface area contributed by atoms with Gasteiger partial charge in [0.15, 0.2) is 0 Å². The van der Waals surface area contributed by atoms with Gasteiger partial charge in [0.2, 0.25) is 0 Å². The summed E-state index contributed by atoms with van der Waals surface area (Å²) in [5.41, 5.74) is 0. The average Bonchev–Trinajstić information content (AvgIpc) is 2.73. The average molecular weight is 332 g/mol. The monoisotopic (exact) mass is 331 g/mol. The number of thiophene rings is 1. The van der Waals surface area contributed by atoms with Crippen LogP contribution in [0, 0.1) is 0 Å². The van der Waals surface area contributed by atoms with Gasteiger partial charge in [-0.05, 0) is 12.1 Å². The van der Waals surface area contributed by atoms with Gasteiger partial charge in [0, 0.05) is 24.7 Å². The van der Waals surface area contributed by atoms with Gasteiger partial charge in [0.1, 0.15) is 14.0 Å². The summed E-state index contributed by atoms with van der Waals surface area (Å²) in [5, 5.41) is 0. The number of rotatable bonds is 6. The molecule has 1 aromatic heterocycles. The van der Waals surface area contributed by atoms with E-state index in [4.69, 9.17) is 11.6 Å². The summed E-state index contributed by atoms with van der Waals surface area (Å²) in [6.45, 7) is -0.0602. The van der Waals surface area contributed by atoms with Crippen LogP contribution in [0.3, 0.4) is 0 Å². The summed E-state index contributed by atoms with van der Waals surface area (Å²) in [4.78, 5) is 0.756. The van der Waals surface area contributed by atoms with Crippen LogP contribution in [0.1, 0.15) is 4.88 Å². The van der Waals surface area contributed by atoms with Gasteiger partial charge < -0.3 is 0 Å². The molecule has 0 aliphatic rings. The minimum atomic E-state index is -3.62. The number of alkyl halides is 1. The van der Waals surface area contributed by atoms with Crippen molar-refractivity contribution in [1.82, 2.24) is 4.31 Å². The van der Waals surface area contributed by atoms with Gasteiger partial charge in [-0.15, -0.1) is 22.9 Å². The highest BCUT2D eigenvalue weighted by atomic mass is 35.5. The molecule has 0 unspecified atom stereocenters. The van der Waals surface area contributed by atoms with E-state index in [-0.39, 0.29) is 22.4 Å². The van der Waals surface area contributed by atoms with Gasteiger partial charge in [-0.3, -0.25) is 0 Å². The van der Waals surface area contributed by atoms with E-state index in [0.29, 0.717) is 0 Å². The molecule has 9 heteroatoms. The highest BCUT2D eigenvalue weighted by molar-refractivity contribution is 7.91. The SMILES string of the molecule is CN(CCS(C)(=O)=O)S(=O)(=O)c1ccc(CCl)s1. The summed E-state index contributed by atoms with van der Waals surface area (Å²) in [5.74, 6) is 0.0592. The van der Waals surface area contributed by atoms with Crippen molar-refractivity contribution in [2.75, 3.05) is 25.6 Å². The second-order valence-electron chi connectivity index (χ2n) is 3.81. The molecule has 0 aliphatic carbocycles. The van der Waals surface area contributed by atoms with Crippen molar-refractivity contribution in [3.05, 3.63) is 17.0 Å². The third kappa shape index (κ3) is 4.20. The number of hydrogen-bond acceptors (Lipinski definition) is 5. The molecule has 0 spiro atoms. The maximum Gasteiger partial charge on any atom is 0.252 e. The molecule has 0 saturated carbocycles. The molecule has 104 valence electrons. The van der Waals surface area contributed by atoms with Crippen molar-refractivity contribution in [3.8, 4) is 0 Å². The highest BCUT2D eigenvalue weighted by Gasteiger charge is 2.23. The Bertz CT molecular complexity index is 606. The summed E-state index contributed by atoms with van der Waals surface area (Å²) in [7, 11) is -5.45. The summed E-state index contributed by atoms with van der Waals surface area (Å²) in [6, 6.07) is 3.13. The minimum Gasteiger partial charge on any atom is -0.229 e. The lowest BCUT2D eigenvalue weighted by atomic mass is 10.5. The van der Waals surface area contributed by atoms with Crippen molar-refractivity contribution < 1.29 is 16.8 Å². The molecule has 0 aromatic carbocycles. The Labute approximate surface area is 116 Å². The molecule has 5 nitrogen and oxygen atoms in total. The molecule has 0 fully saturated rings. The van der Waals surface area contributed by atoms with Gasteiger partial charge in [0.05, 0.1) is 11.6 Å². The van der Waals surface area contributed by atoms with Crippen molar-refractivity contribution in [3.63, 3.8) is 0 Å². The number of hydrogen-bond donors (Lipinski definition) is 0. The quantitative estimate of drug-likeness (QED) is 0.733. The van der Waals surface area contributed by atoms with Gasteiger partial charge in [-0.25, -0.2) is 16.8 Å². The van der Waals surface area contributed by atoms with Gasteiger partial charge >= 0.3 is 0 Å². The van der Waals surface area contributed by atoms with E-state index >= 15 is 0 Å². The second kappa shape index (κ2) is 5.87. The topological polar surface area (TPSA) is 71.5 Å². The van der Waals surface area contributed by atoms with Crippen LogP contribution in [0.4, 0.5) is 0 Å². The van der Waals surface area contributed by atoms with Gasteiger partial charge in [-0.1, -0.05) is 0 Å². The van der Waals surface area contributed by atoms with Crippen LogP contribution < -0.4 is 0 Å². The van der Waals surface area contributed by atoms with E-state index in [0.717, 1.165) is 26.8 Å². The van der Waals surface area contributed by atoms with E-state index in [1.54, 1.807) is 6.07 Å². The fourth-order valence-electron chi connectivity index (χ4n) is 1.14. The standard InChI is InChI=1S/C9H14ClNO4S3/c1-11(5-6-17(2,12)13)18(14,15)9-4-3-8(7-10)16-9/h3-4H,5-7H2,1-2H3. The lowest BCUT2D eigenvalue weighted by molar-refractivity contribution is 0.486. The molecule has 0 saturated heterocycles. The van der Waals surface area contributed by atoms with Crippen LogP contribution in [0.25, 0.3) is 0 Å². The molecule has 18 heavy (non-hydrogen) atoms. The Morgan fingerprint density at radius 3 is 2.33 bits per heavy atom. The molecule has 1 heterocycles. The number of sulfone groups is 1. The number of sulfonamides is 1. The molecule has 0 amide bonds. The molecule has 0 bridgehead atoms. The Balaban J connectivity index is 2.86. The van der Waals surface area contributed by atoms with Crippen molar-refractivity contribution in [1.29, 1.82) is 0 Å². The van der Waals surface area contributed by atoms with E-state index in [1.165, 1.54) is 13.1 Å². The van der Waals surface area contributed by atoms with Crippen LogP contribution in [0.5, 0.6) is 0 Å². The Morgan fingerprint density at radius 1 is 1.28 bits per heavy atom. The third-order valence-electron chi connectivity index (χ3n) is 2.21. The zero-order valence-corrected chi connectivity index (χ0v) is 13.2. The first-order chi connectivity index (χ1) is 8.16. The van der Waals surface area contributed by atoms with Crippen LogP contribution >= 0.6 is 22.9 Å². The Hall–Kier alpha value is -0.150. The first-order valence-electron chi connectivity index (χ1n) is 4.95. The summed E-state index contributed by atoms with van der Waals surface area (Å²) in [6.07, 6.45) is 1.07. The van der Waals surface area contributed by atoms with E-state index in [9.17, 15) is 16.8 Å². The Kier molecular flexibility index (Phi) is 5.19. The van der Waals surface area contributed by atoms with E-state index in [2.05, 4.69) is 0 Å². The summed E-state index contributed by atoms with van der Waals surface area (Å²) < 4.78 is 47.4. The van der Waals surface area contributed by atoms with Gasteiger partial charge in [0.25, 0.3) is 10.0 Å². The Morgan fingerprint density at radius 2 is 1.89 bits per heavy atom. The molecule has 0 atom stereocenters.